The van der Waals surface area contributed by atoms with Gasteiger partial charge in [-0.25, -0.2) is 4.98 Å². The number of nitrogens with zero attached hydrogens (tertiary/aromatic N) is 1. The van der Waals surface area contributed by atoms with E-state index in [1.807, 2.05) is 24.3 Å². The van der Waals surface area contributed by atoms with Gasteiger partial charge in [0.05, 0.1) is 5.56 Å². The maximum Gasteiger partial charge on any atom is 0.136 e. The van der Waals surface area contributed by atoms with Gasteiger partial charge in [-0.05, 0) is 30.2 Å². The summed E-state index contributed by atoms with van der Waals surface area (Å²) in [6, 6.07) is 11.9. The summed E-state index contributed by atoms with van der Waals surface area (Å²) in [5.74, 6) is 0.730. The number of aromatic nitrogens is 1. The molecule has 3 N–H and O–H groups in total. The second-order valence-electron chi connectivity index (χ2n) is 4.04. The smallest absolute Gasteiger partial charge is 0.136 e. The van der Waals surface area contributed by atoms with E-state index in [0.717, 1.165) is 11.4 Å². The van der Waals surface area contributed by atoms with E-state index in [4.69, 9.17) is 18.0 Å². The lowest BCUT2D eigenvalue weighted by Gasteiger charge is -2.11. The summed E-state index contributed by atoms with van der Waals surface area (Å²) in [6.45, 7) is 2.79. The molecule has 0 aliphatic carbocycles. The zero-order valence-corrected chi connectivity index (χ0v) is 11.0. The van der Waals surface area contributed by atoms with Crippen molar-refractivity contribution in [2.45, 2.75) is 13.5 Å². The number of pyridine rings is 1. The fourth-order valence-electron chi connectivity index (χ4n) is 1.73. The molecule has 18 heavy (non-hydrogen) atoms. The van der Waals surface area contributed by atoms with Crippen LogP contribution in [0.1, 0.15) is 16.7 Å². The van der Waals surface area contributed by atoms with E-state index in [-0.39, 0.29) is 0 Å². The first-order valence-electron chi connectivity index (χ1n) is 5.71. The van der Waals surface area contributed by atoms with Gasteiger partial charge in [0.25, 0.3) is 0 Å². The zero-order chi connectivity index (χ0) is 13.0. The Balaban J connectivity index is 2.16. The Bertz CT molecular complexity index is 566. The SMILES string of the molecule is Cc1ccccc1CNc1ncccc1C(N)=S. The van der Waals surface area contributed by atoms with Gasteiger partial charge in [0.1, 0.15) is 10.8 Å². The minimum atomic E-state index is 0.357. The maximum absolute atomic E-state index is 5.66. The van der Waals surface area contributed by atoms with E-state index in [9.17, 15) is 0 Å². The molecule has 0 saturated heterocycles. The predicted octanol–water partition coefficient (Wildman–Crippen LogP) is 2.64. The lowest BCUT2D eigenvalue weighted by molar-refractivity contribution is 1.09. The fourth-order valence-corrected chi connectivity index (χ4v) is 1.90. The molecule has 0 bridgehead atoms. The van der Waals surface area contributed by atoms with Gasteiger partial charge in [-0.2, -0.15) is 0 Å². The van der Waals surface area contributed by atoms with Gasteiger partial charge < -0.3 is 11.1 Å². The summed E-state index contributed by atoms with van der Waals surface area (Å²) in [4.78, 5) is 4.62. The highest BCUT2D eigenvalue weighted by molar-refractivity contribution is 7.80. The first-order valence-corrected chi connectivity index (χ1v) is 6.12. The van der Waals surface area contributed by atoms with Crippen LogP contribution in [0.15, 0.2) is 42.6 Å². The second-order valence-corrected chi connectivity index (χ2v) is 4.48. The molecule has 0 aliphatic heterocycles. The van der Waals surface area contributed by atoms with Crippen molar-refractivity contribution in [3.05, 3.63) is 59.3 Å². The van der Waals surface area contributed by atoms with Crippen molar-refractivity contribution >= 4 is 23.0 Å². The molecule has 1 aromatic carbocycles. The van der Waals surface area contributed by atoms with Gasteiger partial charge >= 0.3 is 0 Å². The summed E-state index contributed by atoms with van der Waals surface area (Å²) in [7, 11) is 0. The van der Waals surface area contributed by atoms with Crippen LogP contribution in [-0.2, 0) is 6.54 Å². The fraction of sp³-hybridized carbons (Fsp3) is 0.143. The lowest BCUT2D eigenvalue weighted by atomic mass is 10.1. The summed E-state index contributed by atoms with van der Waals surface area (Å²) in [5, 5.41) is 3.27. The number of rotatable bonds is 4. The first kappa shape index (κ1) is 12.5. The predicted molar refractivity (Wildman–Crippen MR) is 78.6 cm³/mol. The van der Waals surface area contributed by atoms with E-state index in [1.54, 1.807) is 6.20 Å². The van der Waals surface area contributed by atoms with Crippen LogP contribution in [0.5, 0.6) is 0 Å². The van der Waals surface area contributed by atoms with Crippen LogP contribution in [0.25, 0.3) is 0 Å². The van der Waals surface area contributed by atoms with Crippen LogP contribution in [-0.4, -0.2) is 9.97 Å². The Kier molecular flexibility index (Phi) is 3.89. The van der Waals surface area contributed by atoms with Crippen LogP contribution in [0.2, 0.25) is 0 Å². The van der Waals surface area contributed by atoms with Crippen molar-refractivity contribution in [1.29, 1.82) is 0 Å². The summed E-state index contributed by atoms with van der Waals surface area (Å²) < 4.78 is 0. The van der Waals surface area contributed by atoms with Gasteiger partial charge in [-0.15, -0.1) is 0 Å². The highest BCUT2D eigenvalue weighted by atomic mass is 32.1. The lowest BCUT2D eigenvalue weighted by Crippen LogP contribution is -2.14. The molecule has 0 radical (unpaired) electrons. The second kappa shape index (κ2) is 5.60. The first-order chi connectivity index (χ1) is 8.68. The molecule has 0 aliphatic rings. The van der Waals surface area contributed by atoms with E-state index in [2.05, 4.69) is 29.4 Å². The summed E-state index contributed by atoms with van der Waals surface area (Å²) >= 11 is 5.00. The molecular weight excluding hydrogens is 242 g/mol. The van der Waals surface area contributed by atoms with E-state index in [0.29, 0.717) is 11.5 Å². The van der Waals surface area contributed by atoms with Gasteiger partial charge in [0.15, 0.2) is 0 Å². The largest absolute Gasteiger partial charge is 0.389 e. The molecule has 1 aromatic heterocycles. The number of benzene rings is 1. The average Bonchev–Trinajstić information content (AvgIpc) is 2.38. The number of nitrogens with two attached hydrogens (primary N) is 1. The van der Waals surface area contributed by atoms with Crippen molar-refractivity contribution in [3.63, 3.8) is 0 Å². The number of aryl methyl sites for hydroxylation is 1. The molecule has 3 nitrogen and oxygen atoms in total. The molecule has 92 valence electrons. The topological polar surface area (TPSA) is 50.9 Å². The monoisotopic (exact) mass is 257 g/mol. The highest BCUT2D eigenvalue weighted by Gasteiger charge is 2.05. The van der Waals surface area contributed by atoms with Crippen LogP contribution in [0.4, 0.5) is 5.82 Å². The molecule has 2 aromatic rings. The van der Waals surface area contributed by atoms with Gasteiger partial charge in [0.2, 0.25) is 0 Å². The Morgan fingerprint density at radius 2 is 2.06 bits per heavy atom. The van der Waals surface area contributed by atoms with Crippen molar-refractivity contribution in [2.24, 2.45) is 5.73 Å². The minimum Gasteiger partial charge on any atom is -0.389 e. The Morgan fingerprint density at radius 3 is 2.78 bits per heavy atom. The Morgan fingerprint density at radius 1 is 1.28 bits per heavy atom. The van der Waals surface area contributed by atoms with Gasteiger partial charge in [0, 0.05) is 12.7 Å². The highest BCUT2D eigenvalue weighted by Crippen LogP contribution is 2.14. The molecule has 0 amide bonds. The van der Waals surface area contributed by atoms with Crippen molar-refractivity contribution in [3.8, 4) is 0 Å². The van der Waals surface area contributed by atoms with Crippen LogP contribution >= 0.6 is 12.2 Å². The molecule has 0 spiro atoms. The number of nitrogens with one attached hydrogen (secondary N) is 1. The van der Waals surface area contributed by atoms with Crippen LogP contribution in [0, 0.1) is 6.92 Å². The molecular formula is C14H15N3S. The third-order valence-corrected chi connectivity index (χ3v) is 3.00. The quantitative estimate of drug-likeness (QED) is 0.827. The Labute approximate surface area is 112 Å². The Hall–Kier alpha value is -1.94. The number of anilines is 1. The van der Waals surface area contributed by atoms with Crippen LogP contribution < -0.4 is 11.1 Å². The number of hydrogen-bond acceptors (Lipinski definition) is 3. The van der Waals surface area contributed by atoms with Crippen LogP contribution in [0.3, 0.4) is 0 Å². The van der Waals surface area contributed by atoms with Crippen molar-refractivity contribution < 1.29 is 0 Å². The normalized spacial score (nSPS) is 10.1. The molecule has 0 fully saturated rings. The third-order valence-electron chi connectivity index (χ3n) is 2.78. The number of hydrogen-bond donors (Lipinski definition) is 2. The zero-order valence-electron chi connectivity index (χ0n) is 10.2. The number of thiocarbonyl (C=S) groups is 1. The molecule has 0 atom stereocenters. The van der Waals surface area contributed by atoms with E-state index in [1.165, 1.54) is 11.1 Å². The minimum absolute atomic E-state index is 0.357. The summed E-state index contributed by atoms with van der Waals surface area (Å²) in [5.41, 5.74) is 8.92. The van der Waals surface area contributed by atoms with Gasteiger partial charge in [-0.1, -0.05) is 36.5 Å². The standard InChI is InChI=1S/C14H15N3S/c1-10-5-2-3-6-11(10)9-17-14-12(13(15)18)7-4-8-16-14/h2-8H,9H2,1H3,(H2,15,18)(H,16,17). The molecule has 0 unspecified atom stereocenters. The maximum atomic E-state index is 5.66. The van der Waals surface area contributed by atoms with Crippen molar-refractivity contribution in [1.82, 2.24) is 4.98 Å². The summed E-state index contributed by atoms with van der Waals surface area (Å²) in [6.07, 6.45) is 1.72. The third kappa shape index (κ3) is 2.84. The molecule has 2 rings (SSSR count). The molecule has 4 heteroatoms. The molecule has 1 heterocycles. The molecule has 0 saturated carbocycles. The average molecular weight is 257 g/mol. The van der Waals surface area contributed by atoms with E-state index < -0.39 is 0 Å². The van der Waals surface area contributed by atoms with E-state index >= 15 is 0 Å². The van der Waals surface area contributed by atoms with Crippen molar-refractivity contribution in [2.75, 3.05) is 5.32 Å². The van der Waals surface area contributed by atoms with Gasteiger partial charge in [-0.3, -0.25) is 0 Å².